The molecule has 0 saturated carbocycles. The Bertz CT molecular complexity index is 1680. The third-order valence-corrected chi connectivity index (χ3v) is 9.96. The van der Waals surface area contributed by atoms with E-state index in [-0.39, 0.29) is 37.2 Å². The van der Waals surface area contributed by atoms with Crippen molar-refractivity contribution in [3.05, 3.63) is 119 Å². The molecule has 4 aromatic rings. The lowest BCUT2D eigenvalue weighted by Crippen LogP contribution is -2.31. The Labute approximate surface area is 305 Å². The number of nitrogen functional groups attached to an aromatic ring is 1. The number of nitrogens with one attached hydrogen (secondary N) is 2. The van der Waals surface area contributed by atoms with Gasteiger partial charge in [-0.2, -0.15) is 11.8 Å². The van der Waals surface area contributed by atoms with E-state index in [2.05, 4.69) is 34.9 Å². The van der Waals surface area contributed by atoms with E-state index in [4.69, 9.17) is 15.2 Å². The van der Waals surface area contributed by atoms with Crippen LogP contribution in [-0.4, -0.2) is 46.2 Å². The summed E-state index contributed by atoms with van der Waals surface area (Å²) in [5.74, 6) is 1.39. The lowest BCUT2D eigenvalue weighted by atomic mass is 9.99. The van der Waals surface area contributed by atoms with Gasteiger partial charge in [0.05, 0.1) is 36.8 Å². The molecule has 2 amide bonds. The van der Waals surface area contributed by atoms with Gasteiger partial charge in [0.25, 0.3) is 0 Å². The van der Waals surface area contributed by atoms with Crippen LogP contribution in [0, 0.1) is 0 Å². The molecule has 5 rings (SSSR count). The van der Waals surface area contributed by atoms with Gasteiger partial charge < -0.3 is 36.1 Å². The van der Waals surface area contributed by atoms with Gasteiger partial charge in [0, 0.05) is 42.9 Å². The molecule has 1 aliphatic rings. The van der Waals surface area contributed by atoms with Crippen LogP contribution >= 0.6 is 11.8 Å². The van der Waals surface area contributed by atoms with Crippen LogP contribution in [-0.2, 0) is 32.2 Å². The molecule has 1 heterocycles. The molecule has 9 nitrogen and oxygen atoms in total. The summed E-state index contributed by atoms with van der Waals surface area (Å²) < 4.78 is 12.9. The molecule has 10 heteroatoms. The molecule has 1 aliphatic heterocycles. The number of aliphatic hydroxyl groups excluding tert-OH is 2. The molecule has 0 aliphatic carbocycles. The summed E-state index contributed by atoms with van der Waals surface area (Å²) in [7, 11) is 0. The summed E-state index contributed by atoms with van der Waals surface area (Å²) in [5, 5.41) is 24.6. The van der Waals surface area contributed by atoms with E-state index in [0.717, 1.165) is 64.8 Å². The number of hydrogen-bond acceptors (Lipinski definition) is 8. The second kappa shape index (κ2) is 20.0. The summed E-state index contributed by atoms with van der Waals surface area (Å²) in [4.78, 5) is 24.7. The van der Waals surface area contributed by atoms with Crippen LogP contribution in [0.15, 0.2) is 97.1 Å². The van der Waals surface area contributed by atoms with Gasteiger partial charge in [0.2, 0.25) is 11.8 Å². The van der Waals surface area contributed by atoms with Crippen molar-refractivity contribution in [1.29, 1.82) is 0 Å². The van der Waals surface area contributed by atoms with Crippen molar-refractivity contribution < 1.29 is 29.3 Å². The summed E-state index contributed by atoms with van der Waals surface area (Å²) in [5.41, 5.74) is 13.0. The molecule has 270 valence electrons. The minimum atomic E-state index is -0.532. The number of amides is 2. The maximum absolute atomic E-state index is 12.5. The molecule has 1 saturated heterocycles. The third kappa shape index (κ3) is 11.9. The van der Waals surface area contributed by atoms with E-state index in [9.17, 15) is 19.8 Å². The van der Waals surface area contributed by atoms with Crippen LogP contribution in [0.25, 0.3) is 11.1 Å². The Balaban J connectivity index is 1.07. The molecule has 1 fully saturated rings. The number of carbonyl (C=O) groups excluding carboxylic acids is 2. The van der Waals surface area contributed by atoms with Crippen molar-refractivity contribution in [1.82, 2.24) is 5.32 Å². The van der Waals surface area contributed by atoms with Crippen molar-refractivity contribution in [3.8, 4) is 11.1 Å². The number of carbonyl (C=O) groups is 2. The van der Waals surface area contributed by atoms with Crippen molar-refractivity contribution >= 4 is 35.0 Å². The fourth-order valence-corrected chi connectivity index (χ4v) is 6.81. The number of thioether (sulfide) groups is 1. The average molecular weight is 712 g/mol. The van der Waals surface area contributed by atoms with Crippen LogP contribution in [0.3, 0.4) is 0 Å². The van der Waals surface area contributed by atoms with E-state index >= 15 is 0 Å². The van der Waals surface area contributed by atoms with E-state index < -0.39 is 6.29 Å². The standard InChI is InChI=1S/C41H49N3O6S/c42-36-10-5-6-11-37(36)44-40(48)13-4-2-1-3-12-39(47)43-26-30-8-7-9-34(24-30)31-18-20-33(21-19-31)41-49-35(28-51-23-22-45)25-38(50-41)32-16-14-29(27-46)15-17-32/h5-11,14-21,24,35,38,41,45-46H,1-4,12-13,22-23,25-28,42H2,(H,43,47)(H,44,48)/t35-,38+,41+/m0/s1. The molecule has 0 spiro atoms. The SMILES string of the molecule is Nc1ccccc1NC(=O)CCCCCCC(=O)NCc1cccc(-c2ccc([C@@H]3O[C@H](CSCCO)C[C@H](c4ccc(CO)cc4)O3)cc2)c1. The smallest absolute Gasteiger partial charge is 0.224 e. The third-order valence-electron chi connectivity index (χ3n) is 8.88. The van der Waals surface area contributed by atoms with Gasteiger partial charge >= 0.3 is 0 Å². The Morgan fingerprint density at radius 2 is 1.49 bits per heavy atom. The summed E-state index contributed by atoms with van der Waals surface area (Å²) in [6, 6.07) is 31.4. The fraction of sp³-hybridized carbons (Fsp3) is 0.366. The van der Waals surface area contributed by atoms with Gasteiger partial charge in [0.1, 0.15) is 0 Å². The van der Waals surface area contributed by atoms with Crippen LogP contribution in [0.4, 0.5) is 11.4 Å². The zero-order valence-corrected chi connectivity index (χ0v) is 29.8. The molecular formula is C41H49N3O6S. The van der Waals surface area contributed by atoms with Crippen molar-refractivity contribution in [3.63, 3.8) is 0 Å². The molecule has 6 N–H and O–H groups in total. The van der Waals surface area contributed by atoms with Crippen LogP contribution in [0.5, 0.6) is 0 Å². The molecular weight excluding hydrogens is 663 g/mol. The molecule has 51 heavy (non-hydrogen) atoms. The molecule has 0 radical (unpaired) electrons. The summed E-state index contributed by atoms with van der Waals surface area (Å²) in [6.45, 7) is 0.586. The lowest BCUT2D eigenvalue weighted by Gasteiger charge is -2.36. The van der Waals surface area contributed by atoms with Crippen molar-refractivity contribution in [2.75, 3.05) is 29.2 Å². The van der Waals surface area contributed by atoms with Gasteiger partial charge in [-0.15, -0.1) is 0 Å². The highest BCUT2D eigenvalue weighted by atomic mass is 32.2. The maximum atomic E-state index is 12.5. The largest absolute Gasteiger partial charge is 0.397 e. The topological polar surface area (TPSA) is 143 Å². The minimum absolute atomic E-state index is 0.0000531. The molecule has 0 aromatic heterocycles. The number of anilines is 2. The molecule has 0 bridgehead atoms. The van der Waals surface area contributed by atoms with Gasteiger partial charge in [-0.1, -0.05) is 91.7 Å². The second-order valence-corrected chi connectivity index (χ2v) is 13.9. The lowest BCUT2D eigenvalue weighted by molar-refractivity contribution is -0.245. The fourth-order valence-electron chi connectivity index (χ4n) is 6.03. The normalized spacial score (nSPS) is 17.2. The first kappa shape index (κ1) is 38.1. The average Bonchev–Trinajstić information content (AvgIpc) is 3.16. The van der Waals surface area contributed by atoms with E-state index in [1.165, 1.54) is 0 Å². The predicted octanol–water partition coefficient (Wildman–Crippen LogP) is 7.29. The minimum Gasteiger partial charge on any atom is -0.397 e. The highest BCUT2D eigenvalue weighted by molar-refractivity contribution is 7.99. The summed E-state index contributed by atoms with van der Waals surface area (Å²) in [6.07, 6.45) is 4.18. The van der Waals surface area contributed by atoms with Gasteiger partial charge in [-0.25, -0.2) is 0 Å². The maximum Gasteiger partial charge on any atom is 0.224 e. The number of aliphatic hydroxyl groups is 2. The zero-order chi connectivity index (χ0) is 35.8. The van der Waals surface area contributed by atoms with Crippen LogP contribution in [0.1, 0.15) is 79.6 Å². The second-order valence-electron chi connectivity index (χ2n) is 12.8. The monoisotopic (exact) mass is 711 g/mol. The van der Waals surface area contributed by atoms with Crippen LogP contribution in [0.2, 0.25) is 0 Å². The first-order valence-electron chi connectivity index (χ1n) is 17.7. The first-order chi connectivity index (χ1) is 24.9. The Morgan fingerprint density at radius 3 is 2.22 bits per heavy atom. The van der Waals surface area contributed by atoms with Crippen LogP contribution < -0.4 is 16.4 Å². The van der Waals surface area contributed by atoms with Gasteiger partial charge in [-0.05, 0) is 58.9 Å². The number of benzene rings is 4. The van der Waals surface area contributed by atoms with Gasteiger partial charge in [0.15, 0.2) is 6.29 Å². The Hall–Kier alpha value is -4.19. The number of hydrogen-bond donors (Lipinski definition) is 5. The molecule has 0 unspecified atom stereocenters. The quantitative estimate of drug-likeness (QED) is 0.0535. The molecule has 4 aromatic carbocycles. The predicted molar refractivity (Wildman–Crippen MR) is 204 cm³/mol. The van der Waals surface area contributed by atoms with E-state index in [1.807, 2.05) is 60.7 Å². The zero-order valence-electron chi connectivity index (χ0n) is 29.0. The number of rotatable bonds is 18. The number of ether oxygens (including phenoxy) is 2. The van der Waals surface area contributed by atoms with Gasteiger partial charge in [-0.3, -0.25) is 9.59 Å². The van der Waals surface area contributed by atoms with Crippen molar-refractivity contribution in [2.24, 2.45) is 0 Å². The Kier molecular flexibility index (Phi) is 14.9. The highest BCUT2D eigenvalue weighted by Gasteiger charge is 2.32. The van der Waals surface area contributed by atoms with E-state index in [1.54, 1.807) is 23.9 Å². The molecule has 3 atom stereocenters. The Morgan fingerprint density at radius 1 is 0.765 bits per heavy atom. The highest BCUT2D eigenvalue weighted by Crippen LogP contribution is 2.39. The number of para-hydroxylation sites is 2. The summed E-state index contributed by atoms with van der Waals surface area (Å²) >= 11 is 1.67. The van der Waals surface area contributed by atoms with Crippen molar-refractivity contribution in [2.45, 2.75) is 76.6 Å². The van der Waals surface area contributed by atoms with E-state index in [0.29, 0.717) is 42.9 Å². The number of nitrogens with two attached hydrogens (primary N) is 1. The first-order valence-corrected chi connectivity index (χ1v) is 18.9. The number of unbranched alkanes of at least 4 members (excludes halogenated alkanes) is 3.